The summed E-state index contributed by atoms with van der Waals surface area (Å²) in [6, 6.07) is 0.317. The molecule has 0 bridgehead atoms. The summed E-state index contributed by atoms with van der Waals surface area (Å²) in [5.74, 6) is 1.57. The van der Waals surface area contributed by atoms with E-state index in [0.29, 0.717) is 6.04 Å². The molecular weight excluding hydrogens is 166 g/mol. The van der Waals surface area contributed by atoms with Crippen molar-refractivity contribution in [1.82, 2.24) is 15.5 Å². The number of piperidine rings is 1. The molecule has 72 valence electrons. The predicted molar refractivity (Wildman–Crippen MR) is 48.3 cm³/mol. The zero-order chi connectivity index (χ0) is 9.10. The first-order valence-electron chi connectivity index (χ1n) is 4.96. The Balaban J connectivity index is 2.05. The largest absolute Gasteiger partial charge is 0.339 e. The van der Waals surface area contributed by atoms with Crippen molar-refractivity contribution in [2.45, 2.75) is 38.6 Å². The molecule has 1 N–H and O–H groups in total. The molecule has 0 aliphatic carbocycles. The molecule has 1 aromatic rings. The molecule has 1 saturated heterocycles. The number of aryl methyl sites for hydroxylation is 1. The smallest absolute Gasteiger partial charge is 0.226 e. The van der Waals surface area contributed by atoms with Crippen LogP contribution in [0, 0.1) is 0 Å². The third-order valence-electron chi connectivity index (χ3n) is 2.41. The van der Waals surface area contributed by atoms with Crippen LogP contribution in [0.5, 0.6) is 0 Å². The van der Waals surface area contributed by atoms with Crippen molar-refractivity contribution in [3.63, 3.8) is 0 Å². The van der Waals surface area contributed by atoms with Gasteiger partial charge in [-0.1, -0.05) is 18.5 Å². The van der Waals surface area contributed by atoms with E-state index in [4.69, 9.17) is 4.52 Å². The van der Waals surface area contributed by atoms with Crippen molar-refractivity contribution in [1.29, 1.82) is 0 Å². The van der Waals surface area contributed by atoms with Crippen LogP contribution < -0.4 is 5.32 Å². The lowest BCUT2D eigenvalue weighted by Crippen LogP contribution is -2.27. The van der Waals surface area contributed by atoms with Gasteiger partial charge in [-0.2, -0.15) is 4.98 Å². The standard InChI is InChI=1S/C9H15N3O/c1-2-8-11-9(12-13-8)7-5-3-4-6-10-7/h7,10H,2-6H2,1H3/t7-/m1/s1. The number of nitrogens with one attached hydrogen (secondary N) is 1. The SMILES string of the molecule is CCc1nc([C@H]2CCCCN2)no1. The lowest BCUT2D eigenvalue weighted by molar-refractivity contribution is 0.350. The highest BCUT2D eigenvalue weighted by atomic mass is 16.5. The molecular formula is C9H15N3O. The molecule has 0 amide bonds. The van der Waals surface area contributed by atoms with Crippen molar-refractivity contribution < 1.29 is 4.52 Å². The zero-order valence-electron chi connectivity index (χ0n) is 7.92. The monoisotopic (exact) mass is 181 g/mol. The maximum absolute atomic E-state index is 5.07. The summed E-state index contributed by atoms with van der Waals surface area (Å²) in [7, 11) is 0. The van der Waals surface area contributed by atoms with E-state index in [1.165, 1.54) is 12.8 Å². The minimum Gasteiger partial charge on any atom is -0.339 e. The van der Waals surface area contributed by atoms with Crippen LogP contribution in [-0.2, 0) is 6.42 Å². The van der Waals surface area contributed by atoms with Crippen LogP contribution in [0.15, 0.2) is 4.52 Å². The Labute approximate surface area is 77.7 Å². The summed E-state index contributed by atoms with van der Waals surface area (Å²) < 4.78 is 5.07. The molecule has 0 radical (unpaired) electrons. The van der Waals surface area contributed by atoms with E-state index in [9.17, 15) is 0 Å². The summed E-state index contributed by atoms with van der Waals surface area (Å²) in [6.45, 7) is 3.09. The van der Waals surface area contributed by atoms with Crippen molar-refractivity contribution in [3.8, 4) is 0 Å². The quantitative estimate of drug-likeness (QED) is 0.750. The summed E-state index contributed by atoms with van der Waals surface area (Å²) in [5.41, 5.74) is 0. The molecule has 2 heterocycles. The van der Waals surface area contributed by atoms with Crippen LogP contribution >= 0.6 is 0 Å². The van der Waals surface area contributed by atoms with Gasteiger partial charge in [0.05, 0.1) is 6.04 Å². The highest BCUT2D eigenvalue weighted by Crippen LogP contribution is 2.20. The Morgan fingerprint density at radius 1 is 1.54 bits per heavy atom. The molecule has 1 aliphatic rings. The molecule has 0 saturated carbocycles. The molecule has 1 aliphatic heterocycles. The van der Waals surface area contributed by atoms with E-state index in [1.807, 2.05) is 6.92 Å². The van der Waals surface area contributed by atoms with Gasteiger partial charge < -0.3 is 9.84 Å². The van der Waals surface area contributed by atoms with Gasteiger partial charge in [0, 0.05) is 6.42 Å². The number of hydrogen-bond donors (Lipinski definition) is 1. The fourth-order valence-corrected chi connectivity index (χ4v) is 1.63. The Hall–Kier alpha value is -0.900. The third-order valence-corrected chi connectivity index (χ3v) is 2.41. The Morgan fingerprint density at radius 3 is 3.08 bits per heavy atom. The van der Waals surface area contributed by atoms with Crippen molar-refractivity contribution in [2.24, 2.45) is 0 Å². The average molecular weight is 181 g/mol. The van der Waals surface area contributed by atoms with Gasteiger partial charge in [0.15, 0.2) is 5.82 Å². The Morgan fingerprint density at radius 2 is 2.46 bits per heavy atom. The molecule has 4 heteroatoms. The van der Waals surface area contributed by atoms with Gasteiger partial charge in [0.1, 0.15) is 0 Å². The lowest BCUT2D eigenvalue weighted by Gasteiger charge is -2.19. The van der Waals surface area contributed by atoms with Crippen LogP contribution in [-0.4, -0.2) is 16.7 Å². The highest BCUT2D eigenvalue weighted by Gasteiger charge is 2.19. The van der Waals surface area contributed by atoms with Crippen LogP contribution in [0.1, 0.15) is 43.9 Å². The van der Waals surface area contributed by atoms with E-state index in [0.717, 1.165) is 31.1 Å². The molecule has 0 unspecified atom stereocenters. The van der Waals surface area contributed by atoms with Gasteiger partial charge in [0.25, 0.3) is 0 Å². The molecule has 0 aromatic carbocycles. The number of nitrogens with zero attached hydrogens (tertiary/aromatic N) is 2. The molecule has 4 nitrogen and oxygen atoms in total. The van der Waals surface area contributed by atoms with Gasteiger partial charge in [-0.25, -0.2) is 0 Å². The van der Waals surface area contributed by atoms with Crippen LogP contribution in [0.4, 0.5) is 0 Å². The average Bonchev–Trinajstić information content (AvgIpc) is 2.67. The fraction of sp³-hybridized carbons (Fsp3) is 0.778. The second-order valence-electron chi connectivity index (χ2n) is 3.40. The van der Waals surface area contributed by atoms with Gasteiger partial charge in [-0.15, -0.1) is 0 Å². The van der Waals surface area contributed by atoms with Crippen LogP contribution in [0.3, 0.4) is 0 Å². The van der Waals surface area contributed by atoms with Crippen molar-refractivity contribution in [3.05, 3.63) is 11.7 Å². The molecule has 0 spiro atoms. The summed E-state index contributed by atoms with van der Waals surface area (Å²) in [5, 5.41) is 7.35. The number of hydrogen-bond acceptors (Lipinski definition) is 4. The molecule has 2 rings (SSSR count). The van der Waals surface area contributed by atoms with E-state index >= 15 is 0 Å². The van der Waals surface area contributed by atoms with Gasteiger partial charge >= 0.3 is 0 Å². The summed E-state index contributed by atoms with van der Waals surface area (Å²) in [4.78, 5) is 4.31. The van der Waals surface area contributed by atoms with E-state index < -0.39 is 0 Å². The minimum atomic E-state index is 0.317. The molecule has 1 atom stereocenters. The number of rotatable bonds is 2. The zero-order valence-corrected chi connectivity index (χ0v) is 7.92. The summed E-state index contributed by atoms with van der Waals surface area (Å²) >= 11 is 0. The molecule has 1 fully saturated rings. The first-order chi connectivity index (χ1) is 6.40. The van der Waals surface area contributed by atoms with E-state index in [2.05, 4.69) is 15.5 Å². The Kier molecular flexibility index (Phi) is 2.59. The fourth-order valence-electron chi connectivity index (χ4n) is 1.63. The molecule has 1 aromatic heterocycles. The van der Waals surface area contributed by atoms with E-state index in [1.54, 1.807) is 0 Å². The van der Waals surface area contributed by atoms with E-state index in [-0.39, 0.29) is 0 Å². The predicted octanol–water partition coefficient (Wildman–Crippen LogP) is 1.45. The number of aromatic nitrogens is 2. The maximum Gasteiger partial charge on any atom is 0.226 e. The molecule has 13 heavy (non-hydrogen) atoms. The second kappa shape index (κ2) is 3.87. The van der Waals surface area contributed by atoms with Crippen molar-refractivity contribution in [2.75, 3.05) is 6.54 Å². The highest BCUT2D eigenvalue weighted by molar-refractivity contribution is 4.95. The third kappa shape index (κ3) is 1.88. The van der Waals surface area contributed by atoms with Crippen LogP contribution in [0.2, 0.25) is 0 Å². The summed E-state index contributed by atoms with van der Waals surface area (Å²) in [6.07, 6.45) is 4.46. The normalized spacial score (nSPS) is 23.3. The van der Waals surface area contributed by atoms with Crippen molar-refractivity contribution >= 4 is 0 Å². The van der Waals surface area contributed by atoms with Gasteiger partial charge in [0.2, 0.25) is 5.89 Å². The first-order valence-corrected chi connectivity index (χ1v) is 4.96. The lowest BCUT2D eigenvalue weighted by atomic mass is 10.0. The second-order valence-corrected chi connectivity index (χ2v) is 3.40. The van der Waals surface area contributed by atoms with Crippen LogP contribution in [0.25, 0.3) is 0 Å². The Bertz CT molecular complexity index is 266. The topological polar surface area (TPSA) is 51.0 Å². The maximum atomic E-state index is 5.07. The van der Waals surface area contributed by atoms with Gasteiger partial charge in [-0.05, 0) is 19.4 Å². The first kappa shape index (κ1) is 8.69. The van der Waals surface area contributed by atoms with Gasteiger partial charge in [-0.3, -0.25) is 0 Å². The minimum absolute atomic E-state index is 0.317.